The van der Waals surface area contributed by atoms with E-state index in [9.17, 15) is 14.0 Å². The van der Waals surface area contributed by atoms with E-state index in [2.05, 4.69) is 0 Å². The van der Waals surface area contributed by atoms with Gasteiger partial charge in [0, 0.05) is 0 Å². The fourth-order valence-electron chi connectivity index (χ4n) is 2.51. The Morgan fingerprint density at radius 2 is 1.42 bits per heavy atom. The van der Waals surface area contributed by atoms with Crippen molar-refractivity contribution in [2.24, 2.45) is 0 Å². The quantitative estimate of drug-likeness (QED) is 0.512. The van der Waals surface area contributed by atoms with Gasteiger partial charge in [-0.05, 0) is 0 Å². The maximum atomic E-state index is 13.7. The number of imide groups is 1. The van der Waals surface area contributed by atoms with Gasteiger partial charge in [0.15, 0.2) is 0 Å². The first-order chi connectivity index (χ1) is 12.5. The molecule has 0 saturated heterocycles. The Bertz CT molecular complexity index is 956. The zero-order chi connectivity index (χ0) is 18.7. The van der Waals surface area contributed by atoms with E-state index < -0.39 is 11.8 Å². The third-order valence-electron chi connectivity index (χ3n) is 3.93. The summed E-state index contributed by atoms with van der Waals surface area (Å²) >= 11 is 1.60. The van der Waals surface area contributed by atoms with Crippen molar-refractivity contribution in [3.8, 4) is 0 Å². The summed E-state index contributed by atoms with van der Waals surface area (Å²) in [6.45, 7) is 1.92. The fraction of sp³-hybridized carbons (Fsp3) is 0.0476. The molecule has 3 aromatic carbocycles. The van der Waals surface area contributed by atoms with Gasteiger partial charge in [-0.2, -0.15) is 0 Å². The molecule has 3 nitrogen and oxygen atoms in total. The number of aryl methyl sites for hydroxylation is 1. The van der Waals surface area contributed by atoms with Gasteiger partial charge in [0.25, 0.3) is 0 Å². The Hall–Kier alpha value is -2.56. The predicted molar refractivity (Wildman–Crippen MR) is 94.8 cm³/mol. The van der Waals surface area contributed by atoms with Crippen molar-refractivity contribution in [1.29, 1.82) is 0 Å². The number of hydrogen-bond acceptors (Lipinski definition) is 2. The van der Waals surface area contributed by atoms with Crippen LogP contribution >= 0.6 is 0 Å². The van der Waals surface area contributed by atoms with Gasteiger partial charge in [0.1, 0.15) is 0 Å². The van der Waals surface area contributed by atoms with Crippen LogP contribution in [0.5, 0.6) is 0 Å². The van der Waals surface area contributed by atoms with Gasteiger partial charge in [0.2, 0.25) is 0 Å². The molecule has 26 heavy (non-hydrogen) atoms. The molecular formula is C21H15FNO2Ti. The molecule has 0 aliphatic heterocycles. The first-order valence-electron chi connectivity index (χ1n) is 7.99. The number of rotatable bonds is 3. The minimum atomic E-state index is -0.456. The van der Waals surface area contributed by atoms with Gasteiger partial charge in [0.05, 0.1) is 0 Å². The number of amides is 2. The van der Waals surface area contributed by atoms with Crippen LogP contribution in [-0.2, 0) is 20.4 Å². The average Bonchev–Trinajstić information content (AvgIpc) is 2.66. The Balaban J connectivity index is 2.09. The summed E-state index contributed by atoms with van der Waals surface area (Å²) in [5.74, 6) is -1.30. The van der Waals surface area contributed by atoms with Crippen molar-refractivity contribution < 1.29 is 34.4 Å². The molecule has 0 N–H and O–H groups in total. The zero-order valence-electron chi connectivity index (χ0n) is 14.1. The number of carbonyl (C=O) groups excluding carboxylic acids is 2. The first kappa shape index (κ1) is 18.2. The summed E-state index contributed by atoms with van der Waals surface area (Å²) in [5.41, 5.74) is 2.13. The topological polar surface area (TPSA) is 37.4 Å². The SMILES string of the molecule is Cc1ccc(C(=O)N(C(=O)c2ccccc2)c2ccc(F)[c]([Ti])c2)cc1. The van der Waals surface area contributed by atoms with Crippen molar-refractivity contribution in [2.75, 3.05) is 4.90 Å². The first-order valence-corrected chi connectivity index (χ1v) is 8.77. The Labute approximate surface area is 162 Å². The van der Waals surface area contributed by atoms with Crippen LogP contribution in [-0.4, -0.2) is 11.8 Å². The van der Waals surface area contributed by atoms with E-state index in [0.29, 0.717) is 20.7 Å². The maximum absolute atomic E-state index is 13.7. The van der Waals surface area contributed by atoms with E-state index in [1.54, 1.807) is 62.9 Å². The molecular weight excluding hydrogens is 365 g/mol. The molecule has 0 heterocycles. The number of anilines is 1. The summed E-state index contributed by atoms with van der Waals surface area (Å²) in [5, 5.41) is 0. The van der Waals surface area contributed by atoms with Gasteiger partial charge in [-0.3, -0.25) is 0 Å². The van der Waals surface area contributed by atoms with Gasteiger partial charge >= 0.3 is 163 Å². The standard InChI is InChI=1S/C21H15FNO2.Ti/c1-15-7-9-17(10-8-15)21(25)23(19-13-11-18(22)12-14-19)20(24)16-5-3-2-4-6-16;/h2-11,13-14H,1H3;. The number of nitrogens with zero attached hydrogens (tertiary/aromatic N) is 1. The number of halogens is 1. The molecule has 3 rings (SSSR count). The van der Waals surface area contributed by atoms with Crippen LogP contribution in [0.2, 0.25) is 0 Å². The summed E-state index contributed by atoms with van der Waals surface area (Å²) in [7, 11) is 0. The number of carbonyl (C=O) groups is 2. The monoisotopic (exact) mass is 380 g/mol. The second-order valence-corrected chi connectivity index (χ2v) is 6.68. The predicted octanol–water partition coefficient (Wildman–Crippen LogP) is 3.79. The number of hydrogen-bond donors (Lipinski definition) is 0. The van der Waals surface area contributed by atoms with Gasteiger partial charge in [-0.25, -0.2) is 0 Å². The third kappa shape index (κ3) is 3.82. The van der Waals surface area contributed by atoms with Crippen LogP contribution in [0.3, 0.4) is 0 Å². The second-order valence-electron chi connectivity index (χ2n) is 5.84. The summed E-state index contributed by atoms with van der Waals surface area (Å²) in [6.07, 6.45) is 0. The minimum absolute atomic E-state index is 0.336. The van der Waals surface area contributed by atoms with E-state index in [4.69, 9.17) is 0 Å². The molecule has 0 bridgehead atoms. The Morgan fingerprint density at radius 1 is 0.846 bits per heavy atom. The van der Waals surface area contributed by atoms with Gasteiger partial charge < -0.3 is 0 Å². The molecule has 127 valence electrons. The molecule has 0 aliphatic carbocycles. The summed E-state index contributed by atoms with van der Waals surface area (Å²) in [4.78, 5) is 27.2. The number of benzene rings is 3. The fourth-order valence-corrected chi connectivity index (χ4v) is 2.88. The van der Waals surface area contributed by atoms with E-state index >= 15 is 0 Å². The average molecular weight is 380 g/mol. The van der Waals surface area contributed by atoms with Gasteiger partial charge in [-0.1, -0.05) is 0 Å². The molecule has 0 aromatic heterocycles. The van der Waals surface area contributed by atoms with Crippen molar-refractivity contribution in [2.45, 2.75) is 6.92 Å². The molecule has 2 amide bonds. The van der Waals surface area contributed by atoms with Crippen LogP contribution in [0.25, 0.3) is 0 Å². The molecule has 0 saturated carbocycles. The Kier molecular flexibility index (Phi) is 5.45. The van der Waals surface area contributed by atoms with Crippen molar-refractivity contribution in [3.05, 3.63) is 95.3 Å². The van der Waals surface area contributed by atoms with Crippen LogP contribution in [0, 0.1) is 12.7 Å². The van der Waals surface area contributed by atoms with Gasteiger partial charge in [-0.15, -0.1) is 0 Å². The van der Waals surface area contributed by atoms with Crippen LogP contribution in [0.15, 0.2) is 72.8 Å². The molecule has 0 radical (unpaired) electrons. The van der Waals surface area contributed by atoms with E-state index in [0.717, 1.165) is 10.5 Å². The third-order valence-corrected chi connectivity index (χ3v) is 4.53. The van der Waals surface area contributed by atoms with E-state index in [-0.39, 0.29) is 5.82 Å². The van der Waals surface area contributed by atoms with Crippen LogP contribution in [0.1, 0.15) is 26.3 Å². The molecule has 5 heteroatoms. The normalized spacial score (nSPS) is 10.3. The zero-order valence-corrected chi connectivity index (χ0v) is 15.6. The molecule has 0 unspecified atom stereocenters. The van der Waals surface area contributed by atoms with E-state index in [1.807, 2.05) is 19.1 Å². The van der Waals surface area contributed by atoms with Crippen molar-refractivity contribution in [1.82, 2.24) is 0 Å². The summed E-state index contributed by atoms with van der Waals surface area (Å²) < 4.78 is 14.0. The molecule has 3 aromatic rings. The van der Waals surface area contributed by atoms with Crippen molar-refractivity contribution >= 4 is 21.4 Å². The van der Waals surface area contributed by atoms with Crippen LogP contribution in [0.4, 0.5) is 10.1 Å². The molecule has 0 aliphatic rings. The Morgan fingerprint density at radius 3 is 2.00 bits per heavy atom. The molecule has 0 spiro atoms. The van der Waals surface area contributed by atoms with E-state index in [1.165, 1.54) is 18.2 Å². The summed E-state index contributed by atoms with van der Waals surface area (Å²) in [6, 6.07) is 19.7. The second kappa shape index (κ2) is 7.77. The van der Waals surface area contributed by atoms with Crippen LogP contribution < -0.4 is 8.77 Å². The molecule has 0 atom stereocenters. The van der Waals surface area contributed by atoms with Crippen molar-refractivity contribution in [3.63, 3.8) is 0 Å². The molecule has 0 fully saturated rings.